The fourth-order valence-electron chi connectivity index (χ4n) is 0.966. The monoisotopic (exact) mass is 263 g/mol. The highest BCUT2D eigenvalue weighted by atomic mass is 32.1. The molecule has 17 heavy (non-hydrogen) atoms. The predicted molar refractivity (Wildman–Crippen MR) is 60.6 cm³/mol. The van der Waals surface area contributed by atoms with Crippen molar-refractivity contribution in [1.29, 1.82) is 0 Å². The molecule has 0 aromatic carbocycles. The van der Waals surface area contributed by atoms with E-state index in [1.165, 1.54) is 0 Å². The molecule has 0 saturated heterocycles. The lowest BCUT2D eigenvalue weighted by atomic mass is 9.94. The average Bonchev–Trinajstić information content (AvgIpc) is 2.12. The molecule has 0 aliphatic rings. The second-order valence-electron chi connectivity index (χ2n) is 3.25. The lowest BCUT2D eigenvalue weighted by Crippen LogP contribution is -2.52. The molecule has 0 heterocycles. The molecule has 0 rings (SSSR count). The van der Waals surface area contributed by atoms with Crippen LogP contribution in [0.15, 0.2) is 0 Å². The van der Waals surface area contributed by atoms with Crippen LogP contribution in [0.25, 0.3) is 0 Å². The summed E-state index contributed by atoms with van der Waals surface area (Å²) in [5.41, 5.74) is 16.5. The highest BCUT2D eigenvalue weighted by molar-refractivity contribution is 7.80. The summed E-state index contributed by atoms with van der Waals surface area (Å²) in [4.78, 5) is 32.8. The molecule has 1 unspecified atom stereocenters. The Morgan fingerprint density at radius 2 is 1.65 bits per heavy atom. The van der Waals surface area contributed by atoms with Gasteiger partial charge in [-0.3, -0.25) is 25.2 Å². The molecule has 9 N–H and O–H groups in total. The third kappa shape index (κ3) is 5.63. The number of hydrogen-bond donors (Lipinski definition) is 6. The van der Waals surface area contributed by atoms with Gasteiger partial charge in [0.05, 0.1) is 12.8 Å². The molecule has 10 heteroatoms. The minimum atomic E-state index is -2.34. The summed E-state index contributed by atoms with van der Waals surface area (Å²) in [6.45, 7) is 0. The Kier molecular flexibility index (Phi) is 5.28. The molecule has 0 radical (unpaired) electrons. The van der Waals surface area contributed by atoms with Crippen molar-refractivity contribution in [2.75, 3.05) is 0 Å². The second-order valence-corrected chi connectivity index (χ2v) is 3.69. The molecule has 9 nitrogen and oxygen atoms in total. The summed E-state index contributed by atoms with van der Waals surface area (Å²) in [7, 11) is 0. The van der Waals surface area contributed by atoms with E-state index in [1.54, 1.807) is 0 Å². The summed E-state index contributed by atoms with van der Waals surface area (Å²) < 4.78 is 0. The van der Waals surface area contributed by atoms with Crippen LogP contribution in [0.4, 0.5) is 0 Å². The molecule has 0 bridgehead atoms. The minimum Gasteiger partial charge on any atom is -0.379 e. The number of primary amides is 2. The first-order chi connectivity index (χ1) is 7.67. The summed E-state index contributed by atoms with van der Waals surface area (Å²) in [6.07, 6.45) is -1.51. The van der Waals surface area contributed by atoms with Crippen molar-refractivity contribution in [2.45, 2.75) is 18.4 Å². The molecule has 0 fully saturated rings. The number of hydrazine groups is 1. The maximum absolute atomic E-state index is 11.2. The normalized spacial score (nSPS) is 13.2. The zero-order chi connectivity index (χ0) is 13.6. The Morgan fingerprint density at radius 1 is 1.12 bits per heavy atom. The van der Waals surface area contributed by atoms with Crippen LogP contribution >= 0.6 is 12.2 Å². The third-order valence-corrected chi connectivity index (χ3v) is 1.81. The third-order valence-electron chi connectivity index (χ3n) is 1.70. The number of carbonyl (C=O) groups is 3. The smallest absolute Gasteiger partial charge is 0.250 e. The fraction of sp³-hybridized carbons (Fsp3) is 0.429. The van der Waals surface area contributed by atoms with Crippen LogP contribution in [0.3, 0.4) is 0 Å². The number of amides is 3. The van der Waals surface area contributed by atoms with Crippen LogP contribution in [0.5, 0.6) is 0 Å². The van der Waals surface area contributed by atoms with E-state index in [0.717, 1.165) is 0 Å². The van der Waals surface area contributed by atoms with E-state index in [0.29, 0.717) is 0 Å². The number of carbonyl (C=O) groups excluding carboxylic acids is 3. The van der Waals surface area contributed by atoms with Gasteiger partial charge in [0.25, 0.3) is 0 Å². The molecule has 1 atom stereocenters. The molecule has 0 aromatic rings. The SMILES string of the molecule is NC(=O)CC(O)(CC(=O)NNC(N)=S)C(N)=O. The standard InChI is InChI=1S/C7H13N5O4S/c8-3(13)1-7(16,5(9)15)2-4(14)11-12-6(10)17/h16H,1-2H2,(H2,8,13)(H2,9,15)(H,11,14)(H3,10,12,17). The van der Waals surface area contributed by atoms with Crippen molar-refractivity contribution in [1.82, 2.24) is 10.9 Å². The largest absolute Gasteiger partial charge is 0.379 e. The fourth-order valence-corrected chi connectivity index (χ4v) is 1.02. The van der Waals surface area contributed by atoms with Crippen LogP contribution in [0.1, 0.15) is 12.8 Å². The summed E-state index contributed by atoms with van der Waals surface area (Å²) in [5, 5.41) is 9.45. The van der Waals surface area contributed by atoms with Crippen LogP contribution < -0.4 is 28.1 Å². The number of nitrogens with one attached hydrogen (secondary N) is 2. The van der Waals surface area contributed by atoms with Gasteiger partial charge in [0, 0.05) is 0 Å². The Bertz CT molecular complexity index is 360. The predicted octanol–water partition coefficient (Wildman–Crippen LogP) is -3.67. The van der Waals surface area contributed by atoms with E-state index in [-0.39, 0.29) is 5.11 Å². The van der Waals surface area contributed by atoms with E-state index < -0.39 is 36.2 Å². The van der Waals surface area contributed by atoms with Crippen LogP contribution in [-0.4, -0.2) is 33.5 Å². The Labute approximate surface area is 102 Å². The summed E-state index contributed by atoms with van der Waals surface area (Å²) >= 11 is 4.40. The summed E-state index contributed by atoms with van der Waals surface area (Å²) in [6, 6.07) is 0. The molecule has 0 spiro atoms. The van der Waals surface area contributed by atoms with Crippen LogP contribution in [0, 0.1) is 0 Å². The van der Waals surface area contributed by atoms with Gasteiger partial charge in [-0.2, -0.15) is 0 Å². The Morgan fingerprint density at radius 3 is 2.00 bits per heavy atom. The topological polar surface area (TPSA) is 174 Å². The van der Waals surface area contributed by atoms with E-state index in [2.05, 4.69) is 17.6 Å². The zero-order valence-corrected chi connectivity index (χ0v) is 9.54. The molecular weight excluding hydrogens is 250 g/mol. The van der Waals surface area contributed by atoms with E-state index in [1.807, 2.05) is 5.43 Å². The minimum absolute atomic E-state index is 0.212. The first-order valence-electron chi connectivity index (χ1n) is 4.32. The number of hydrogen-bond acceptors (Lipinski definition) is 5. The average molecular weight is 263 g/mol. The molecule has 96 valence electrons. The van der Waals surface area contributed by atoms with Gasteiger partial charge < -0.3 is 22.3 Å². The second kappa shape index (κ2) is 5.96. The molecule has 3 amide bonds. The lowest BCUT2D eigenvalue weighted by molar-refractivity contribution is -0.146. The van der Waals surface area contributed by atoms with Gasteiger partial charge in [0.1, 0.15) is 0 Å². The van der Waals surface area contributed by atoms with Crippen molar-refractivity contribution in [3.63, 3.8) is 0 Å². The number of nitrogens with two attached hydrogens (primary N) is 3. The Balaban J connectivity index is 4.54. The van der Waals surface area contributed by atoms with Crippen LogP contribution in [0.2, 0.25) is 0 Å². The van der Waals surface area contributed by atoms with E-state index in [9.17, 15) is 19.5 Å². The van der Waals surface area contributed by atoms with Crippen molar-refractivity contribution < 1.29 is 19.5 Å². The van der Waals surface area contributed by atoms with Gasteiger partial charge in [0.2, 0.25) is 17.7 Å². The molecule has 0 aliphatic carbocycles. The molecular formula is C7H13N5O4S. The van der Waals surface area contributed by atoms with Gasteiger partial charge in [0.15, 0.2) is 10.7 Å². The maximum atomic E-state index is 11.2. The Hall–Kier alpha value is -1.94. The molecule has 0 saturated carbocycles. The van der Waals surface area contributed by atoms with Crippen molar-refractivity contribution >= 4 is 35.1 Å². The van der Waals surface area contributed by atoms with Gasteiger partial charge in [-0.05, 0) is 12.2 Å². The van der Waals surface area contributed by atoms with Gasteiger partial charge >= 0.3 is 0 Å². The number of thiocarbonyl (C=S) groups is 1. The maximum Gasteiger partial charge on any atom is 0.250 e. The van der Waals surface area contributed by atoms with Gasteiger partial charge in [-0.25, -0.2) is 0 Å². The van der Waals surface area contributed by atoms with Gasteiger partial charge in [-0.1, -0.05) is 0 Å². The lowest BCUT2D eigenvalue weighted by Gasteiger charge is -2.22. The first kappa shape index (κ1) is 15.1. The quantitative estimate of drug-likeness (QED) is 0.219. The zero-order valence-electron chi connectivity index (χ0n) is 8.73. The summed E-state index contributed by atoms with van der Waals surface area (Å²) in [5.74, 6) is -3.04. The first-order valence-corrected chi connectivity index (χ1v) is 4.73. The molecule has 0 aromatic heterocycles. The van der Waals surface area contributed by atoms with Gasteiger partial charge in [-0.15, -0.1) is 0 Å². The highest BCUT2D eigenvalue weighted by Crippen LogP contribution is 2.14. The van der Waals surface area contributed by atoms with Crippen LogP contribution in [-0.2, 0) is 14.4 Å². The highest BCUT2D eigenvalue weighted by Gasteiger charge is 2.38. The van der Waals surface area contributed by atoms with Crippen molar-refractivity contribution in [2.24, 2.45) is 17.2 Å². The molecule has 0 aliphatic heterocycles. The van der Waals surface area contributed by atoms with E-state index >= 15 is 0 Å². The number of rotatable bonds is 5. The number of aliphatic hydroxyl groups is 1. The van der Waals surface area contributed by atoms with Crippen molar-refractivity contribution in [3.8, 4) is 0 Å². The van der Waals surface area contributed by atoms with E-state index in [4.69, 9.17) is 17.2 Å². The van der Waals surface area contributed by atoms with Crippen molar-refractivity contribution in [3.05, 3.63) is 0 Å².